The van der Waals surface area contributed by atoms with E-state index in [9.17, 15) is 0 Å². The molecule has 1 aromatic carbocycles. The van der Waals surface area contributed by atoms with E-state index in [2.05, 4.69) is 37.8 Å². The molecule has 0 aromatic heterocycles. The lowest BCUT2D eigenvalue weighted by atomic mass is 10.0. The highest BCUT2D eigenvalue weighted by molar-refractivity contribution is 7.80. The number of hydrogen-bond donors (Lipinski definition) is 1. The van der Waals surface area contributed by atoms with Crippen LogP contribution in [-0.4, -0.2) is 29.8 Å². The molecule has 1 saturated heterocycles. The molecule has 1 heterocycles. The molecule has 3 nitrogen and oxygen atoms in total. The zero-order valence-corrected chi connectivity index (χ0v) is 12.0. The van der Waals surface area contributed by atoms with E-state index in [4.69, 9.17) is 22.7 Å². The normalized spacial score (nSPS) is 22.8. The maximum absolute atomic E-state index is 5.90. The lowest BCUT2D eigenvalue weighted by molar-refractivity contribution is -0.0749. The Labute approximate surface area is 114 Å². The second-order valence-electron chi connectivity index (χ2n) is 5.48. The Bertz CT molecular complexity index is 442. The minimum absolute atomic E-state index is 0.112. The first-order chi connectivity index (χ1) is 8.37. The topological polar surface area (TPSA) is 38.5 Å². The summed E-state index contributed by atoms with van der Waals surface area (Å²) in [4.78, 5) is 2.79. The minimum Gasteiger partial charge on any atom is -0.389 e. The molecule has 4 heteroatoms. The standard InChI is InChI=1S/C14H20N2OS/c1-10-8-16(9-14(2,3)17-10)12-6-4-11(5-7-12)13(15)18/h4-7,10H,8-9H2,1-3H3,(H2,15,18). The number of nitrogens with zero attached hydrogens (tertiary/aromatic N) is 1. The van der Waals surface area contributed by atoms with E-state index in [0.29, 0.717) is 4.99 Å². The molecular weight excluding hydrogens is 244 g/mol. The molecule has 1 atom stereocenters. The number of nitrogens with two attached hydrogens (primary N) is 1. The third-order valence-corrected chi connectivity index (χ3v) is 3.32. The second kappa shape index (κ2) is 4.86. The summed E-state index contributed by atoms with van der Waals surface area (Å²) < 4.78 is 5.90. The second-order valence-corrected chi connectivity index (χ2v) is 5.92. The molecule has 1 aromatic rings. The summed E-state index contributed by atoms with van der Waals surface area (Å²) >= 11 is 4.96. The zero-order chi connectivity index (χ0) is 13.3. The van der Waals surface area contributed by atoms with Gasteiger partial charge in [0.2, 0.25) is 0 Å². The predicted molar refractivity (Wildman–Crippen MR) is 79.2 cm³/mol. The summed E-state index contributed by atoms with van der Waals surface area (Å²) in [6.07, 6.45) is 0.240. The first-order valence-electron chi connectivity index (χ1n) is 6.20. The molecule has 0 amide bonds. The molecular formula is C14H20N2OS. The number of morpholine rings is 1. The Hall–Kier alpha value is -1.13. The lowest BCUT2D eigenvalue weighted by Gasteiger charge is -2.43. The van der Waals surface area contributed by atoms with Crippen molar-refractivity contribution < 1.29 is 4.74 Å². The first-order valence-corrected chi connectivity index (χ1v) is 6.61. The smallest absolute Gasteiger partial charge is 0.103 e. The maximum atomic E-state index is 5.90. The van der Waals surface area contributed by atoms with Gasteiger partial charge in [-0.2, -0.15) is 0 Å². The van der Waals surface area contributed by atoms with Crippen molar-refractivity contribution in [3.05, 3.63) is 29.8 Å². The number of thiocarbonyl (C=S) groups is 1. The van der Waals surface area contributed by atoms with Gasteiger partial charge >= 0.3 is 0 Å². The van der Waals surface area contributed by atoms with Gasteiger partial charge < -0.3 is 15.4 Å². The lowest BCUT2D eigenvalue weighted by Crippen LogP contribution is -2.52. The minimum atomic E-state index is -0.112. The van der Waals surface area contributed by atoms with Crippen LogP contribution >= 0.6 is 12.2 Å². The van der Waals surface area contributed by atoms with E-state index in [1.54, 1.807) is 0 Å². The fourth-order valence-electron chi connectivity index (χ4n) is 2.49. The van der Waals surface area contributed by atoms with E-state index in [1.165, 1.54) is 5.69 Å². The van der Waals surface area contributed by atoms with Crippen molar-refractivity contribution in [3.8, 4) is 0 Å². The van der Waals surface area contributed by atoms with E-state index >= 15 is 0 Å². The van der Waals surface area contributed by atoms with Crippen molar-refractivity contribution in [2.45, 2.75) is 32.5 Å². The summed E-state index contributed by atoms with van der Waals surface area (Å²) in [7, 11) is 0. The van der Waals surface area contributed by atoms with Crippen LogP contribution in [0.4, 0.5) is 5.69 Å². The maximum Gasteiger partial charge on any atom is 0.103 e. The van der Waals surface area contributed by atoms with Gasteiger partial charge in [0, 0.05) is 24.3 Å². The van der Waals surface area contributed by atoms with Crippen molar-refractivity contribution >= 4 is 22.9 Å². The highest BCUT2D eigenvalue weighted by atomic mass is 32.1. The van der Waals surface area contributed by atoms with E-state index < -0.39 is 0 Å². The van der Waals surface area contributed by atoms with E-state index in [-0.39, 0.29) is 11.7 Å². The fraction of sp³-hybridized carbons (Fsp3) is 0.500. The highest BCUT2D eigenvalue weighted by Gasteiger charge is 2.31. The van der Waals surface area contributed by atoms with Crippen molar-refractivity contribution in [1.82, 2.24) is 0 Å². The first kappa shape index (κ1) is 13.3. The van der Waals surface area contributed by atoms with Crippen LogP contribution in [0.3, 0.4) is 0 Å². The van der Waals surface area contributed by atoms with Gasteiger partial charge in [-0.3, -0.25) is 0 Å². The highest BCUT2D eigenvalue weighted by Crippen LogP contribution is 2.26. The molecule has 2 rings (SSSR count). The van der Waals surface area contributed by atoms with Crippen LogP contribution in [0.15, 0.2) is 24.3 Å². The van der Waals surface area contributed by atoms with E-state index in [1.807, 2.05) is 12.1 Å². The SMILES string of the molecule is CC1CN(c2ccc(C(N)=S)cc2)CC(C)(C)O1. The van der Waals surface area contributed by atoms with Crippen LogP contribution in [0, 0.1) is 0 Å². The molecule has 1 unspecified atom stereocenters. The molecule has 98 valence electrons. The van der Waals surface area contributed by atoms with Gasteiger partial charge in [-0.15, -0.1) is 0 Å². The summed E-state index contributed by atoms with van der Waals surface area (Å²) in [5.74, 6) is 0. The Balaban J connectivity index is 2.18. The van der Waals surface area contributed by atoms with Gasteiger partial charge in [0.05, 0.1) is 11.7 Å². The van der Waals surface area contributed by atoms with Crippen molar-refractivity contribution in [2.75, 3.05) is 18.0 Å². The van der Waals surface area contributed by atoms with Crippen LogP contribution < -0.4 is 10.6 Å². The Morgan fingerprint density at radius 3 is 2.50 bits per heavy atom. The number of anilines is 1. The quantitative estimate of drug-likeness (QED) is 0.832. The predicted octanol–water partition coefficient (Wildman–Crippen LogP) is 2.32. The van der Waals surface area contributed by atoms with Crippen molar-refractivity contribution in [3.63, 3.8) is 0 Å². The van der Waals surface area contributed by atoms with Crippen LogP contribution in [0.2, 0.25) is 0 Å². The summed E-state index contributed by atoms with van der Waals surface area (Å²) in [5.41, 5.74) is 7.60. The molecule has 0 bridgehead atoms. The number of ether oxygens (including phenoxy) is 1. The number of hydrogen-bond acceptors (Lipinski definition) is 3. The van der Waals surface area contributed by atoms with Crippen molar-refractivity contribution in [1.29, 1.82) is 0 Å². The van der Waals surface area contributed by atoms with Gasteiger partial charge in [0.1, 0.15) is 4.99 Å². The monoisotopic (exact) mass is 264 g/mol. The Morgan fingerprint density at radius 2 is 2.00 bits per heavy atom. The molecule has 1 fully saturated rings. The van der Waals surface area contributed by atoms with Crippen molar-refractivity contribution in [2.24, 2.45) is 5.73 Å². The molecule has 0 spiro atoms. The van der Waals surface area contributed by atoms with Gasteiger partial charge in [0.15, 0.2) is 0 Å². The largest absolute Gasteiger partial charge is 0.389 e. The molecule has 0 radical (unpaired) electrons. The third kappa shape index (κ3) is 3.00. The van der Waals surface area contributed by atoms with Crippen LogP contribution in [0.5, 0.6) is 0 Å². The molecule has 1 aliphatic rings. The van der Waals surface area contributed by atoms with Crippen LogP contribution in [0.1, 0.15) is 26.3 Å². The zero-order valence-electron chi connectivity index (χ0n) is 11.1. The Kier molecular flexibility index (Phi) is 3.59. The van der Waals surface area contributed by atoms with Crippen LogP contribution in [0.25, 0.3) is 0 Å². The number of benzene rings is 1. The van der Waals surface area contributed by atoms with Gasteiger partial charge in [0.25, 0.3) is 0 Å². The van der Waals surface area contributed by atoms with Crippen LogP contribution in [-0.2, 0) is 4.74 Å². The van der Waals surface area contributed by atoms with Gasteiger partial charge in [-0.05, 0) is 45.0 Å². The molecule has 1 aliphatic heterocycles. The fourth-order valence-corrected chi connectivity index (χ4v) is 2.62. The van der Waals surface area contributed by atoms with Gasteiger partial charge in [-0.1, -0.05) is 12.2 Å². The average molecular weight is 264 g/mol. The summed E-state index contributed by atoms with van der Waals surface area (Å²) in [6.45, 7) is 8.16. The van der Waals surface area contributed by atoms with Gasteiger partial charge in [-0.25, -0.2) is 0 Å². The number of rotatable bonds is 2. The third-order valence-electron chi connectivity index (χ3n) is 3.09. The molecule has 0 saturated carbocycles. The summed E-state index contributed by atoms with van der Waals surface area (Å²) in [5, 5.41) is 0. The van der Waals surface area contributed by atoms with E-state index in [0.717, 1.165) is 18.7 Å². The summed E-state index contributed by atoms with van der Waals surface area (Å²) in [6, 6.07) is 8.10. The molecule has 2 N–H and O–H groups in total. The average Bonchev–Trinajstić information content (AvgIpc) is 2.26. The molecule has 0 aliphatic carbocycles. The molecule has 18 heavy (non-hydrogen) atoms. The Morgan fingerprint density at radius 1 is 1.39 bits per heavy atom.